The molecule has 0 spiro atoms. The summed E-state index contributed by atoms with van der Waals surface area (Å²) in [5, 5.41) is 6.39. The van der Waals surface area contributed by atoms with E-state index in [2.05, 4.69) is 92.7 Å². The Labute approximate surface area is 207 Å². The first kappa shape index (κ1) is 25.2. The van der Waals surface area contributed by atoms with Crippen LogP contribution in [0.25, 0.3) is 10.9 Å². The van der Waals surface area contributed by atoms with Gasteiger partial charge in [0.2, 0.25) is 0 Å². The molecule has 0 saturated heterocycles. The molecule has 0 atom stereocenters. The number of aromatic amines is 1. The van der Waals surface area contributed by atoms with Gasteiger partial charge in [-0.3, -0.25) is 0 Å². The van der Waals surface area contributed by atoms with Crippen molar-refractivity contribution >= 4 is 24.3 Å². The van der Waals surface area contributed by atoms with E-state index in [4.69, 9.17) is 4.74 Å². The van der Waals surface area contributed by atoms with Gasteiger partial charge in [0.1, 0.15) is 8.07 Å². The molecule has 4 heteroatoms. The fourth-order valence-corrected chi connectivity index (χ4v) is 10.3. The molecule has 0 amide bonds. The van der Waals surface area contributed by atoms with Crippen LogP contribution in [-0.2, 0) is 16.8 Å². The van der Waals surface area contributed by atoms with Crippen LogP contribution in [0.2, 0.25) is 18.1 Å². The van der Waals surface area contributed by atoms with Gasteiger partial charge in [-0.1, -0.05) is 87.4 Å². The highest BCUT2D eigenvalue weighted by Gasteiger charge is 2.37. The van der Waals surface area contributed by atoms with Gasteiger partial charge in [-0.05, 0) is 50.3 Å². The lowest BCUT2D eigenvalue weighted by molar-refractivity contribution is 0.0633. The van der Waals surface area contributed by atoms with Crippen LogP contribution in [-0.4, -0.2) is 33.3 Å². The maximum Gasteiger partial charge on any atom is 0.107 e. The Morgan fingerprint density at radius 3 is 2.24 bits per heavy atom. The minimum Gasteiger partial charge on any atom is -0.376 e. The van der Waals surface area contributed by atoms with Gasteiger partial charge in [0, 0.05) is 40.4 Å². The Morgan fingerprint density at radius 1 is 0.941 bits per heavy atom. The van der Waals surface area contributed by atoms with Crippen molar-refractivity contribution in [1.82, 2.24) is 10.3 Å². The molecule has 184 valence electrons. The molecule has 1 saturated carbocycles. The predicted molar refractivity (Wildman–Crippen MR) is 149 cm³/mol. The first-order chi connectivity index (χ1) is 16.6. The number of para-hydroxylation sites is 1. The van der Waals surface area contributed by atoms with E-state index in [0.29, 0.717) is 5.92 Å². The number of nitrogens with one attached hydrogen (secondary N) is 2. The molecular weight excluding hydrogens is 432 g/mol. The third-order valence-corrected chi connectivity index (χ3v) is 14.5. The lowest BCUT2D eigenvalue weighted by Crippen LogP contribution is -2.48. The number of aromatic nitrogens is 1. The molecule has 0 unspecified atom stereocenters. The SMILES string of the molecule is CC[Si](CC)(CC)c1[nH]c2ccccc2c1COCC1CCC(CNC)(c2ccccc2)CC1. The van der Waals surface area contributed by atoms with Crippen molar-refractivity contribution < 1.29 is 4.74 Å². The molecule has 3 nitrogen and oxygen atoms in total. The lowest BCUT2D eigenvalue weighted by atomic mass is 9.66. The summed E-state index contributed by atoms with van der Waals surface area (Å²) in [6.45, 7) is 9.85. The van der Waals surface area contributed by atoms with E-state index in [-0.39, 0.29) is 5.41 Å². The summed E-state index contributed by atoms with van der Waals surface area (Å²) in [7, 11) is 0.569. The van der Waals surface area contributed by atoms with Crippen molar-refractivity contribution in [2.24, 2.45) is 5.92 Å². The first-order valence-electron chi connectivity index (χ1n) is 13.5. The largest absolute Gasteiger partial charge is 0.376 e. The van der Waals surface area contributed by atoms with E-state index in [1.165, 1.54) is 65.8 Å². The van der Waals surface area contributed by atoms with Gasteiger partial charge in [-0.15, -0.1) is 0 Å². The van der Waals surface area contributed by atoms with E-state index in [9.17, 15) is 0 Å². The standard InChI is InChI=1S/C30H44N2OSi/c1-5-34(6-2,7-3)29-27(26-15-11-12-16-28(26)32-29)22-33-21-24-17-19-30(20-18-24,23-31-4)25-13-9-8-10-14-25/h8-16,24,31-32H,5-7,17-23H2,1-4H3. The topological polar surface area (TPSA) is 37.0 Å². The third-order valence-electron chi connectivity index (χ3n) is 8.94. The van der Waals surface area contributed by atoms with Crippen molar-refractivity contribution in [3.63, 3.8) is 0 Å². The fourth-order valence-electron chi connectivity index (χ4n) is 6.51. The number of ether oxygens (including phenoxy) is 1. The summed E-state index contributed by atoms with van der Waals surface area (Å²) >= 11 is 0. The van der Waals surface area contributed by atoms with Crippen molar-refractivity contribution in [2.75, 3.05) is 20.2 Å². The first-order valence-corrected chi connectivity index (χ1v) is 16.1. The predicted octanol–water partition coefficient (Wildman–Crippen LogP) is 6.75. The quantitative estimate of drug-likeness (QED) is 0.300. The zero-order valence-corrected chi connectivity index (χ0v) is 22.8. The van der Waals surface area contributed by atoms with Gasteiger partial charge in [0.15, 0.2) is 0 Å². The molecule has 0 bridgehead atoms. The van der Waals surface area contributed by atoms with Crippen molar-refractivity contribution in [2.45, 2.75) is 76.6 Å². The number of H-pyrrole nitrogens is 1. The highest BCUT2D eigenvalue weighted by molar-refractivity contribution is 6.91. The van der Waals surface area contributed by atoms with Crippen LogP contribution in [0.1, 0.15) is 57.6 Å². The van der Waals surface area contributed by atoms with Gasteiger partial charge in [-0.2, -0.15) is 0 Å². The van der Waals surface area contributed by atoms with Crippen LogP contribution >= 0.6 is 0 Å². The molecule has 4 rings (SSSR count). The Hall–Kier alpha value is -1.88. The average Bonchev–Trinajstić information content (AvgIpc) is 3.26. The molecule has 0 radical (unpaired) electrons. The maximum atomic E-state index is 6.52. The summed E-state index contributed by atoms with van der Waals surface area (Å²) < 4.78 is 6.52. The number of fused-ring (bicyclic) bond motifs is 1. The molecule has 1 aromatic heterocycles. The number of hydrogen-bond donors (Lipinski definition) is 2. The summed E-state index contributed by atoms with van der Waals surface area (Å²) in [5.41, 5.74) is 4.48. The summed E-state index contributed by atoms with van der Waals surface area (Å²) in [4.78, 5) is 3.86. The van der Waals surface area contributed by atoms with E-state index < -0.39 is 8.07 Å². The van der Waals surface area contributed by atoms with Crippen LogP contribution in [0.15, 0.2) is 54.6 Å². The normalized spacial score (nSPS) is 21.2. The zero-order valence-electron chi connectivity index (χ0n) is 21.8. The maximum absolute atomic E-state index is 6.52. The Morgan fingerprint density at radius 2 is 1.59 bits per heavy atom. The van der Waals surface area contributed by atoms with Gasteiger partial charge < -0.3 is 15.0 Å². The average molecular weight is 477 g/mol. The molecule has 2 aromatic carbocycles. The molecule has 1 aliphatic carbocycles. The number of likely N-dealkylation sites (N-methyl/N-ethyl adjacent to an activating group) is 1. The van der Waals surface area contributed by atoms with Gasteiger partial charge >= 0.3 is 0 Å². The van der Waals surface area contributed by atoms with E-state index >= 15 is 0 Å². The molecule has 34 heavy (non-hydrogen) atoms. The Balaban J connectivity index is 1.44. The summed E-state index contributed by atoms with van der Waals surface area (Å²) in [6, 6.07) is 23.8. The van der Waals surface area contributed by atoms with Gasteiger partial charge in [0.25, 0.3) is 0 Å². The molecule has 1 fully saturated rings. The van der Waals surface area contributed by atoms with Gasteiger partial charge in [-0.25, -0.2) is 0 Å². The van der Waals surface area contributed by atoms with Crippen molar-refractivity contribution in [3.8, 4) is 0 Å². The van der Waals surface area contributed by atoms with Crippen molar-refractivity contribution in [1.29, 1.82) is 0 Å². The molecule has 0 aliphatic heterocycles. The lowest BCUT2D eigenvalue weighted by Gasteiger charge is -2.41. The number of benzene rings is 2. The highest BCUT2D eigenvalue weighted by Crippen LogP contribution is 2.41. The number of hydrogen-bond acceptors (Lipinski definition) is 2. The van der Waals surface area contributed by atoms with Gasteiger partial charge in [0.05, 0.1) is 6.61 Å². The van der Waals surface area contributed by atoms with E-state index in [1.807, 2.05) is 0 Å². The third kappa shape index (κ3) is 4.91. The zero-order chi connectivity index (χ0) is 24.0. The molecular formula is C30H44N2OSi. The Bertz CT molecular complexity index is 1020. The van der Waals surface area contributed by atoms with E-state index in [0.717, 1.165) is 19.8 Å². The molecule has 2 N–H and O–H groups in total. The highest BCUT2D eigenvalue weighted by atomic mass is 28.3. The fraction of sp³-hybridized carbons (Fsp3) is 0.533. The van der Waals surface area contributed by atoms with E-state index in [1.54, 1.807) is 5.32 Å². The minimum absolute atomic E-state index is 0.269. The Kier molecular flexibility index (Phi) is 8.33. The molecule has 3 aromatic rings. The van der Waals surface area contributed by atoms with Crippen LogP contribution < -0.4 is 10.6 Å². The second kappa shape index (κ2) is 11.2. The minimum atomic E-state index is -1.52. The second-order valence-electron chi connectivity index (χ2n) is 10.5. The van der Waals surface area contributed by atoms with Crippen LogP contribution in [0.4, 0.5) is 0 Å². The second-order valence-corrected chi connectivity index (χ2v) is 15.7. The number of rotatable bonds is 11. The monoisotopic (exact) mass is 476 g/mol. The van der Waals surface area contributed by atoms with Crippen molar-refractivity contribution in [3.05, 3.63) is 65.7 Å². The van der Waals surface area contributed by atoms with Crippen LogP contribution in [0, 0.1) is 5.92 Å². The molecule has 1 heterocycles. The smallest absolute Gasteiger partial charge is 0.107 e. The van der Waals surface area contributed by atoms with Crippen LogP contribution in [0.5, 0.6) is 0 Å². The molecule has 1 aliphatic rings. The summed E-state index contributed by atoms with van der Waals surface area (Å²) in [5.74, 6) is 0.660. The van der Waals surface area contributed by atoms with Crippen LogP contribution in [0.3, 0.4) is 0 Å². The summed E-state index contributed by atoms with van der Waals surface area (Å²) in [6.07, 6.45) is 4.97.